The molecule has 6 nitrogen and oxygen atoms in total. The Balaban J connectivity index is 1.75. The highest BCUT2D eigenvalue weighted by Crippen LogP contribution is 2.14. The molecule has 0 fully saturated rings. The van der Waals surface area contributed by atoms with E-state index in [1.807, 2.05) is 37.3 Å². The fourth-order valence-electron chi connectivity index (χ4n) is 2.78. The van der Waals surface area contributed by atoms with Gasteiger partial charge in [-0.25, -0.2) is 4.98 Å². The van der Waals surface area contributed by atoms with Crippen LogP contribution in [0.3, 0.4) is 0 Å². The Bertz CT molecular complexity index is 968. The summed E-state index contributed by atoms with van der Waals surface area (Å²) in [5.74, 6) is -0.398. The summed E-state index contributed by atoms with van der Waals surface area (Å²) in [7, 11) is 0. The standard InChI is InChI=1S/C20H21ClN4O2/c1-2-10-22-20(27)18-24-17(16-8-3-4-12-25(16)18)19(26)23-11-9-14-6-5-7-15(21)13-14/h3-8,12-13H,2,9-11H2,1H3,(H,22,27)(H,23,26). The molecule has 1 aromatic carbocycles. The summed E-state index contributed by atoms with van der Waals surface area (Å²) in [5, 5.41) is 6.33. The van der Waals surface area contributed by atoms with E-state index < -0.39 is 0 Å². The van der Waals surface area contributed by atoms with Gasteiger partial charge in [0.15, 0.2) is 5.69 Å². The van der Waals surface area contributed by atoms with Gasteiger partial charge in [0.1, 0.15) is 0 Å². The minimum Gasteiger partial charge on any atom is -0.350 e. The molecule has 0 bridgehead atoms. The molecule has 0 atom stereocenters. The van der Waals surface area contributed by atoms with E-state index in [4.69, 9.17) is 11.6 Å². The first-order valence-electron chi connectivity index (χ1n) is 8.88. The van der Waals surface area contributed by atoms with Crippen LogP contribution >= 0.6 is 11.6 Å². The number of halogens is 1. The summed E-state index contributed by atoms with van der Waals surface area (Å²) in [6, 6.07) is 12.9. The van der Waals surface area contributed by atoms with E-state index in [0.29, 0.717) is 30.0 Å². The largest absolute Gasteiger partial charge is 0.350 e. The van der Waals surface area contributed by atoms with Crippen LogP contribution < -0.4 is 10.6 Å². The normalized spacial score (nSPS) is 10.7. The zero-order valence-corrected chi connectivity index (χ0v) is 15.8. The Kier molecular flexibility index (Phi) is 6.08. The Morgan fingerprint density at radius 1 is 1.07 bits per heavy atom. The van der Waals surface area contributed by atoms with Crippen LogP contribution in [0.5, 0.6) is 0 Å². The summed E-state index contributed by atoms with van der Waals surface area (Å²) in [5.41, 5.74) is 1.87. The highest BCUT2D eigenvalue weighted by molar-refractivity contribution is 6.30. The highest BCUT2D eigenvalue weighted by Gasteiger charge is 2.20. The van der Waals surface area contributed by atoms with Gasteiger partial charge in [-0.3, -0.25) is 14.0 Å². The summed E-state index contributed by atoms with van der Waals surface area (Å²) < 4.78 is 1.64. The van der Waals surface area contributed by atoms with Crippen molar-refractivity contribution in [3.8, 4) is 0 Å². The molecule has 140 valence electrons. The third-order valence-electron chi connectivity index (χ3n) is 4.09. The topological polar surface area (TPSA) is 75.5 Å². The minimum atomic E-state index is -0.310. The van der Waals surface area contributed by atoms with Crippen molar-refractivity contribution in [2.24, 2.45) is 0 Å². The van der Waals surface area contributed by atoms with Crippen molar-refractivity contribution in [2.75, 3.05) is 13.1 Å². The number of carbonyl (C=O) groups is 2. The number of nitrogens with zero attached hydrogens (tertiary/aromatic N) is 2. The predicted octanol–water partition coefficient (Wildman–Crippen LogP) is 3.10. The van der Waals surface area contributed by atoms with Crippen molar-refractivity contribution >= 4 is 28.9 Å². The van der Waals surface area contributed by atoms with E-state index in [2.05, 4.69) is 15.6 Å². The minimum absolute atomic E-state index is 0.207. The molecular weight excluding hydrogens is 364 g/mol. The lowest BCUT2D eigenvalue weighted by Crippen LogP contribution is -2.27. The molecule has 0 aliphatic carbocycles. The average Bonchev–Trinajstić information content (AvgIpc) is 3.06. The Labute approximate surface area is 162 Å². The molecule has 2 amide bonds. The number of aromatic nitrogens is 2. The van der Waals surface area contributed by atoms with E-state index in [1.54, 1.807) is 22.7 Å². The van der Waals surface area contributed by atoms with Crippen LogP contribution in [0.2, 0.25) is 5.02 Å². The summed E-state index contributed by atoms with van der Waals surface area (Å²) >= 11 is 5.98. The number of fused-ring (bicyclic) bond motifs is 1. The second-order valence-corrected chi connectivity index (χ2v) is 6.57. The van der Waals surface area contributed by atoms with Crippen LogP contribution in [0.15, 0.2) is 48.7 Å². The lowest BCUT2D eigenvalue weighted by atomic mass is 10.1. The van der Waals surface area contributed by atoms with Crippen molar-refractivity contribution in [1.82, 2.24) is 20.0 Å². The molecule has 0 unspecified atom stereocenters. The number of nitrogens with one attached hydrogen (secondary N) is 2. The Hall–Kier alpha value is -2.86. The lowest BCUT2D eigenvalue weighted by Gasteiger charge is -2.04. The molecule has 0 saturated carbocycles. The first-order valence-corrected chi connectivity index (χ1v) is 9.26. The molecular formula is C20H21ClN4O2. The van der Waals surface area contributed by atoms with Gasteiger partial charge >= 0.3 is 0 Å². The van der Waals surface area contributed by atoms with Gasteiger partial charge in [0.2, 0.25) is 5.82 Å². The fourth-order valence-corrected chi connectivity index (χ4v) is 2.99. The van der Waals surface area contributed by atoms with Gasteiger partial charge in [-0.1, -0.05) is 36.7 Å². The van der Waals surface area contributed by atoms with E-state index in [-0.39, 0.29) is 23.3 Å². The number of hydrogen-bond donors (Lipinski definition) is 2. The maximum absolute atomic E-state index is 12.6. The summed E-state index contributed by atoms with van der Waals surface area (Å²) in [6.45, 7) is 2.98. The number of carbonyl (C=O) groups excluding carboxylic acids is 2. The van der Waals surface area contributed by atoms with Gasteiger partial charge in [-0.15, -0.1) is 0 Å². The molecule has 2 aromatic heterocycles. The first kappa shape index (κ1) is 18.9. The van der Waals surface area contributed by atoms with Crippen molar-refractivity contribution in [3.05, 3.63) is 70.8 Å². The smallest absolute Gasteiger partial charge is 0.287 e. The fraction of sp³-hybridized carbons (Fsp3) is 0.250. The first-order chi connectivity index (χ1) is 13.1. The number of benzene rings is 1. The van der Waals surface area contributed by atoms with Crippen molar-refractivity contribution in [2.45, 2.75) is 19.8 Å². The molecule has 2 N–H and O–H groups in total. The van der Waals surface area contributed by atoms with Gasteiger partial charge in [0.05, 0.1) is 5.52 Å². The SMILES string of the molecule is CCCNC(=O)c1nc(C(=O)NCCc2cccc(Cl)c2)c2ccccn12. The average molecular weight is 385 g/mol. The second-order valence-electron chi connectivity index (χ2n) is 6.13. The van der Waals surface area contributed by atoms with Crippen LogP contribution in [-0.4, -0.2) is 34.3 Å². The van der Waals surface area contributed by atoms with Crippen LogP contribution in [0.1, 0.15) is 40.0 Å². The molecule has 0 aliphatic heterocycles. The maximum atomic E-state index is 12.6. The van der Waals surface area contributed by atoms with Gasteiger partial charge in [0.25, 0.3) is 11.8 Å². The van der Waals surface area contributed by atoms with Crippen LogP contribution in [0, 0.1) is 0 Å². The van der Waals surface area contributed by atoms with Crippen LogP contribution in [0.4, 0.5) is 0 Å². The molecule has 3 rings (SSSR count). The van der Waals surface area contributed by atoms with E-state index >= 15 is 0 Å². The Morgan fingerprint density at radius 3 is 2.67 bits per heavy atom. The second kappa shape index (κ2) is 8.68. The third kappa shape index (κ3) is 4.46. The van der Waals surface area contributed by atoms with E-state index in [9.17, 15) is 9.59 Å². The van der Waals surface area contributed by atoms with Crippen LogP contribution in [-0.2, 0) is 6.42 Å². The molecule has 27 heavy (non-hydrogen) atoms. The molecule has 7 heteroatoms. The molecule has 0 spiro atoms. The van der Waals surface area contributed by atoms with Crippen LogP contribution in [0.25, 0.3) is 5.52 Å². The number of pyridine rings is 1. The molecule has 0 saturated heterocycles. The third-order valence-corrected chi connectivity index (χ3v) is 4.33. The van der Waals surface area contributed by atoms with Gasteiger partial charge in [-0.05, 0) is 42.7 Å². The quantitative estimate of drug-likeness (QED) is 0.657. The number of hydrogen-bond acceptors (Lipinski definition) is 3. The maximum Gasteiger partial charge on any atom is 0.287 e. The Morgan fingerprint density at radius 2 is 1.89 bits per heavy atom. The summed E-state index contributed by atoms with van der Waals surface area (Å²) in [4.78, 5) is 29.3. The lowest BCUT2D eigenvalue weighted by molar-refractivity contribution is 0.0942. The molecule has 0 aliphatic rings. The van der Waals surface area contributed by atoms with Gasteiger partial charge in [0, 0.05) is 24.3 Å². The van der Waals surface area contributed by atoms with E-state index in [1.165, 1.54) is 0 Å². The summed E-state index contributed by atoms with van der Waals surface area (Å²) in [6.07, 6.45) is 3.21. The van der Waals surface area contributed by atoms with E-state index in [0.717, 1.165) is 12.0 Å². The van der Waals surface area contributed by atoms with Gasteiger partial charge in [-0.2, -0.15) is 0 Å². The monoisotopic (exact) mass is 384 g/mol. The van der Waals surface area contributed by atoms with Gasteiger partial charge < -0.3 is 10.6 Å². The van der Waals surface area contributed by atoms with Crippen molar-refractivity contribution in [1.29, 1.82) is 0 Å². The molecule has 2 heterocycles. The number of amides is 2. The number of rotatable bonds is 7. The number of imidazole rings is 1. The zero-order valence-electron chi connectivity index (χ0n) is 15.0. The van der Waals surface area contributed by atoms with Crippen molar-refractivity contribution < 1.29 is 9.59 Å². The molecule has 3 aromatic rings. The predicted molar refractivity (Wildman–Crippen MR) is 105 cm³/mol. The highest BCUT2D eigenvalue weighted by atomic mass is 35.5. The molecule has 0 radical (unpaired) electrons. The zero-order chi connectivity index (χ0) is 19.2. The van der Waals surface area contributed by atoms with Crippen molar-refractivity contribution in [3.63, 3.8) is 0 Å².